The van der Waals surface area contributed by atoms with Gasteiger partial charge in [0, 0.05) is 18.7 Å². The highest BCUT2D eigenvalue weighted by atomic mass is 19.1. The second kappa shape index (κ2) is 10.2. The number of para-hydroxylation sites is 2. The van der Waals surface area contributed by atoms with Gasteiger partial charge in [-0.2, -0.15) is 0 Å². The molecule has 2 amide bonds. The van der Waals surface area contributed by atoms with E-state index in [0.717, 1.165) is 0 Å². The molecular weight excluding hydrogens is 351 g/mol. The van der Waals surface area contributed by atoms with Crippen molar-refractivity contribution in [1.29, 1.82) is 0 Å². The van der Waals surface area contributed by atoms with Gasteiger partial charge in [0.1, 0.15) is 5.82 Å². The Bertz CT molecular complexity index is 795. The van der Waals surface area contributed by atoms with Crippen LogP contribution >= 0.6 is 0 Å². The van der Waals surface area contributed by atoms with Crippen molar-refractivity contribution in [3.8, 4) is 11.5 Å². The van der Waals surface area contributed by atoms with E-state index in [-0.39, 0.29) is 43.5 Å². The molecule has 0 aliphatic rings. The van der Waals surface area contributed by atoms with E-state index in [9.17, 15) is 14.0 Å². The number of methoxy groups -OCH3 is 1. The maximum absolute atomic E-state index is 13.5. The first-order chi connectivity index (χ1) is 13.0. The lowest BCUT2D eigenvalue weighted by Gasteiger charge is -2.10. The van der Waals surface area contributed by atoms with E-state index >= 15 is 0 Å². The minimum absolute atomic E-state index is 0.176. The molecule has 144 valence electrons. The summed E-state index contributed by atoms with van der Waals surface area (Å²) in [4.78, 5) is 23.7. The van der Waals surface area contributed by atoms with Crippen LogP contribution in [-0.4, -0.2) is 38.6 Å². The van der Waals surface area contributed by atoms with Gasteiger partial charge in [0.15, 0.2) is 11.5 Å². The predicted octanol–water partition coefficient (Wildman–Crippen LogP) is 2.46. The second-order valence-corrected chi connectivity index (χ2v) is 5.82. The summed E-state index contributed by atoms with van der Waals surface area (Å²) in [6.07, 6.45) is 0.176. The topological polar surface area (TPSA) is 76.7 Å². The average Bonchev–Trinajstić information content (AvgIpc) is 2.67. The van der Waals surface area contributed by atoms with E-state index in [1.807, 2.05) is 12.1 Å². The number of rotatable bonds is 9. The van der Waals surface area contributed by atoms with Gasteiger partial charge in [0.2, 0.25) is 5.91 Å². The first kappa shape index (κ1) is 20.2. The summed E-state index contributed by atoms with van der Waals surface area (Å²) in [6.45, 7) is 2.35. The molecule has 0 heterocycles. The molecule has 2 rings (SSSR count). The van der Waals surface area contributed by atoms with Gasteiger partial charge in [0.05, 0.1) is 20.1 Å². The molecule has 0 atom stereocenters. The summed E-state index contributed by atoms with van der Waals surface area (Å²) < 4.78 is 24.2. The van der Waals surface area contributed by atoms with Gasteiger partial charge in [-0.1, -0.05) is 18.2 Å². The molecule has 2 aromatic carbocycles. The van der Waals surface area contributed by atoms with Gasteiger partial charge in [-0.3, -0.25) is 9.59 Å². The summed E-state index contributed by atoms with van der Waals surface area (Å²) in [5.41, 5.74) is 0.726. The van der Waals surface area contributed by atoms with Crippen LogP contribution in [0.1, 0.15) is 22.3 Å². The standard InChI is InChI=1S/C20H23FN2O4/c1-14-7-8-15(13-16(14)21)20(25)23-11-10-22-19(24)9-12-27-18-6-4-3-5-17(18)26-2/h3-8,13H,9-12H2,1-2H3,(H,22,24)(H,23,25). The molecule has 0 unspecified atom stereocenters. The number of carbonyl (C=O) groups is 2. The Balaban J connectivity index is 1.64. The van der Waals surface area contributed by atoms with E-state index in [1.165, 1.54) is 6.07 Å². The third-order valence-corrected chi connectivity index (χ3v) is 3.82. The monoisotopic (exact) mass is 374 g/mol. The fourth-order valence-corrected chi connectivity index (χ4v) is 2.29. The van der Waals surface area contributed by atoms with Crippen LogP contribution in [0, 0.1) is 12.7 Å². The lowest BCUT2D eigenvalue weighted by molar-refractivity contribution is -0.121. The highest BCUT2D eigenvalue weighted by Crippen LogP contribution is 2.25. The zero-order chi connectivity index (χ0) is 19.6. The molecule has 2 N–H and O–H groups in total. The number of hydrogen-bond donors (Lipinski definition) is 2. The number of amides is 2. The van der Waals surface area contributed by atoms with Gasteiger partial charge in [-0.05, 0) is 36.8 Å². The van der Waals surface area contributed by atoms with Crippen LogP contribution in [0.3, 0.4) is 0 Å². The fourth-order valence-electron chi connectivity index (χ4n) is 2.29. The zero-order valence-electron chi connectivity index (χ0n) is 15.4. The number of ether oxygens (including phenoxy) is 2. The van der Waals surface area contributed by atoms with Crippen molar-refractivity contribution >= 4 is 11.8 Å². The molecular formula is C20H23FN2O4. The minimum atomic E-state index is -0.425. The Hall–Kier alpha value is -3.09. The molecule has 0 saturated carbocycles. The smallest absolute Gasteiger partial charge is 0.251 e. The number of carbonyl (C=O) groups excluding carboxylic acids is 2. The van der Waals surface area contributed by atoms with Crippen LogP contribution in [0.4, 0.5) is 4.39 Å². The summed E-state index contributed by atoms with van der Waals surface area (Å²) in [5.74, 6) is 0.174. The molecule has 7 heteroatoms. The summed E-state index contributed by atoms with van der Waals surface area (Å²) in [7, 11) is 1.55. The lowest BCUT2D eigenvalue weighted by atomic mass is 10.1. The maximum Gasteiger partial charge on any atom is 0.251 e. The molecule has 0 aromatic heterocycles. The summed E-state index contributed by atoms with van der Waals surface area (Å²) in [6, 6.07) is 11.5. The van der Waals surface area contributed by atoms with Gasteiger partial charge in [-0.25, -0.2) is 4.39 Å². The van der Waals surface area contributed by atoms with Gasteiger partial charge < -0.3 is 20.1 Å². The number of aryl methyl sites for hydroxylation is 1. The zero-order valence-corrected chi connectivity index (χ0v) is 15.4. The molecule has 0 radical (unpaired) electrons. The van der Waals surface area contributed by atoms with Gasteiger partial charge >= 0.3 is 0 Å². The number of benzene rings is 2. The van der Waals surface area contributed by atoms with Crippen LogP contribution < -0.4 is 20.1 Å². The van der Waals surface area contributed by atoms with Crippen molar-refractivity contribution in [2.75, 3.05) is 26.8 Å². The highest BCUT2D eigenvalue weighted by Gasteiger charge is 2.08. The number of halogens is 1. The van der Waals surface area contributed by atoms with Gasteiger partial charge in [0.25, 0.3) is 5.91 Å². The van der Waals surface area contributed by atoms with Crippen LogP contribution in [0.15, 0.2) is 42.5 Å². The van der Waals surface area contributed by atoms with Crippen molar-refractivity contribution in [3.05, 3.63) is 59.4 Å². The maximum atomic E-state index is 13.5. The van der Waals surface area contributed by atoms with E-state index in [1.54, 1.807) is 38.3 Å². The van der Waals surface area contributed by atoms with Crippen molar-refractivity contribution in [3.63, 3.8) is 0 Å². The largest absolute Gasteiger partial charge is 0.493 e. The molecule has 6 nitrogen and oxygen atoms in total. The molecule has 0 spiro atoms. The molecule has 0 bridgehead atoms. The van der Waals surface area contributed by atoms with Crippen LogP contribution in [0.25, 0.3) is 0 Å². The lowest BCUT2D eigenvalue weighted by Crippen LogP contribution is -2.35. The Morgan fingerprint density at radius 2 is 1.74 bits per heavy atom. The normalized spacial score (nSPS) is 10.2. The molecule has 0 fully saturated rings. The average molecular weight is 374 g/mol. The third-order valence-electron chi connectivity index (χ3n) is 3.82. The van der Waals surface area contributed by atoms with E-state index in [2.05, 4.69) is 10.6 Å². The van der Waals surface area contributed by atoms with Crippen molar-refractivity contribution in [1.82, 2.24) is 10.6 Å². The van der Waals surface area contributed by atoms with Crippen molar-refractivity contribution in [2.24, 2.45) is 0 Å². The van der Waals surface area contributed by atoms with Crippen LogP contribution in [-0.2, 0) is 4.79 Å². The second-order valence-electron chi connectivity index (χ2n) is 5.82. The Kier molecular flexibility index (Phi) is 7.61. The predicted molar refractivity (Wildman–Crippen MR) is 99.6 cm³/mol. The summed E-state index contributed by atoms with van der Waals surface area (Å²) >= 11 is 0. The molecule has 0 aliphatic carbocycles. The summed E-state index contributed by atoms with van der Waals surface area (Å²) in [5, 5.41) is 5.32. The van der Waals surface area contributed by atoms with Crippen molar-refractivity contribution in [2.45, 2.75) is 13.3 Å². The fraction of sp³-hybridized carbons (Fsp3) is 0.300. The Morgan fingerprint density at radius 3 is 2.44 bits per heavy atom. The molecule has 2 aromatic rings. The van der Waals surface area contributed by atoms with Gasteiger partial charge in [-0.15, -0.1) is 0 Å². The van der Waals surface area contributed by atoms with E-state index in [4.69, 9.17) is 9.47 Å². The van der Waals surface area contributed by atoms with Crippen LogP contribution in [0.5, 0.6) is 11.5 Å². The first-order valence-corrected chi connectivity index (χ1v) is 8.58. The van der Waals surface area contributed by atoms with Crippen molar-refractivity contribution < 1.29 is 23.5 Å². The minimum Gasteiger partial charge on any atom is -0.493 e. The molecule has 0 aliphatic heterocycles. The Morgan fingerprint density at radius 1 is 1.04 bits per heavy atom. The quantitative estimate of drug-likeness (QED) is 0.661. The highest BCUT2D eigenvalue weighted by molar-refractivity contribution is 5.94. The Labute approximate surface area is 157 Å². The van der Waals surface area contributed by atoms with Crippen LogP contribution in [0.2, 0.25) is 0 Å². The SMILES string of the molecule is COc1ccccc1OCCC(=O)NCCNC(=O)c1ccc(C)c(F)c1. The molecule has 0 saturated heterocycles. The van der Waals surface area contributed by atoms with E-state index in [0.29, 0.717) is 17.1 Å². The number of nitrogens with one attached hydrogen (secondary N) is 2. The molecule has 27 heavy (non-hydrogen) atoms. The van der Waals surface area contributed by atoms with E-state index < -0.39 is 5.82 Å². The third kappa shape index (κ3) is 6.29. The number of hydrogen-bond acceptors (Lipinski definition) is 4. The first-order valence-electron chi connectivity index (χ1n) is 8.58.